The number of aromatic nitrogens is 4. The van der Waals surface area contributed by atoms with E-state index in [1.807, 2.05) is 36.4 Å². The fourth-order valence-corrected chi connectivity index (χ4v) is 5.25. The maximum atomic E-state index is 6.53. The number of ether oxygens (including phenoxy) is 3. The topological polar surface area (TPSA) is 70.8 Å². The summed E-state index contributed by atoms with van der Waals surface area (Å²) in [6.45, 7) is 2.06. The van der Waals surface area contributed by atoms with E-state index in [1.54, 1.807) is 25.1 Å². The average Bonchev–Trinajstić information content (AvgIpc) is 3.40. The van der Waals surface area contributed by atoms with Gasteiger partial charge in [0.2, 0.25) is 5.88 Å². The van der Waals surface area contributed by atoms with E-state index in [0.717, 1.165) is 38.8 Å². The summed E-state index contributed by atoms with van der Waals surface area (Å²) in [7, 11) is 3.28. The summed E-state index contributed by atoms with van der Waals surface area (Å²) < 4.78 is 19.5. The molecule has 2 aromatic heterocycles. The van der Waals surface area contributed by atoms with Crippen molar-refractivity contribution in [1.82, 2.24) is 19.6 Å². The van der Waals surface area contributed by atoms with Crippen molar-refractivity contribution in [2.24, 2.45) is 0 Å². The molecule has 0 aliphatic carbocycles. The third-order valence-corrected chi connectivity index (χ3v) is 7.15. The Bertz CT molecular complexity index is 1840. The van der Waals surface area contributed by atoms with Crippen LogP contribution < -0.4 is 14.2 Å². The number of hydrogen-bond donors (Lipinski definition) is 0. The van der Waals surface area contributed by atoms with E-state index in [1.165, 1.54) is 5.56 Å². The predicted molar refractivity (Wildman–Crippen MR) is 145 cm³/mol. The van der Waals surface area contributed by atoms with Crippen molar-refractivity contribution in [2.45, 2.75) is 12.8 Å². The Hall–Kier alpha value is -4.91. The van der Waals surface area contributed by atoms with Crippen molar-refractivity contribution in [3.8, 4) is 34.5 Å². The minimum atomic E-state index is -0.218. The van der Waals surface area contributed by atoms with E-state index in [4.69, 9.17) is 29.3 Å². The fraction of sp³-hybridized carbons (Fsp3) is 0.129. The second-order valence-electron chi connectivity index (χ2n) is 9.39. The Labute approximate surface area is 219 Å². The quantitative estimate of drug-likeness (QED) is 0.273. The second kappa shape index (κ2) is 8.59. The summed E-state index contributed by atoms with van der Waals surface area (Å²) in [6.07, 6.45) is 1.67. The number of aryl methyl sites for hydroxylation is 1. The zero-order chi connectivity index (χ0) is 25.8. The van der Waals surface area contributed by atoms with Gasteiger partial charge in [0.1, 0.15) is 12.1 Å². The van der Waals surface area contributed by atoms with Gasteiger partial charge in [-0.2, -0.15) is 0 Å². The molecule has 38 heavy (non-hydrogen) atoms. The molecule has 4 aromatic carbocycles. The summed E-state index contributed by atoms with van der Waals surface area (Å²) in [4.78, 5) is 9.70. The number of fused-ring (bicyclic) bond motifs is 6. The molecule has 186 valence electrons. The average molecular weight is 501 g/mol. The van der Waals surface area contributed by atoms with E-state index in [0.29, 0.717) is 28.9 Å². The molecule has 7 heteroatoms. The van der Waals surface area contributed by atoms with Gasteiger partial charge < -0.3 is 14.2 Å². The van der Waals surface area contributed by atoms with Gasteiger partial charge in [-0.3, -0.25) is 0 Å². The molecule has 0 bridgehead atoms. The van der Waals surface area contributed by atoms with E-state index in [2.05, 4.69) is 49.4 Å². The Morgan fingerprint density at radius 1 is 0.868 bits per heavy atom. The summed E-state index contributed by atoms with van der Waals surface area (Å²) in [5.41, 5.74) is 5.72. The van der Waals surface area contributed by atoms with E-state index in [9.17, 15) is 0 Å². The van der Waals surface area contributed by atoms with Crippen LogP contribution in [-0.4, -0.2) is 33.8 Å². The molecule has 0 saturated heterocycles. The van der Waals surface area contributed by atoms with Gasteiger partial charge in [0, 0.05) is 22.4 Å². The lowest BCUT2D eigenvalue weighted by atomic mass is 9.82. The van der Waals surface area contributed by atoms with E-state index in [-0.39, 0.29) is 5.92 Å². The van der Waals surface area contributed by atoms with Crippen LogP contribution in [0.1, 0.15) is 28.2 Å². The minimum absolute atomic E-state index is 0.218. The van der Waals surface area contributed by atoms with Crippen molar-refractivity contribution in [2.75, 3.05) is 14.2 Å². The molecule has 1 atom stereocenters. The van der Waals surface area contributed by atoms with Gasteiger partial charge in [-0.25, -0.2) is 14.5 Å². The lowest BCUT2D eigenvalue weighted by molar-refractivity contribution is 0.354. The summed E-state index contributed by atoms with van der Waals surface area (Å²) in [5.74, 6) is 3.05. The first-order chi connectivity index (χ1) is 18.6. The first-order valence-electron chi connectivity index (χ1n) is 12.4. The van der Waals surface area contributed by atoms with Crippen LogP contribution in [0.15, 0.2) is 85.2 Å². The highest BCUT2D eigenvalue weighted by molar-refractivity contribution is 5.91. The first-order valence-corrected chi connectivity index (χ1v) is 12.4. The smallest absolute Gasteiger partial charge is 0.228 e. The van der Waals surface area contributed by atoms with Gasteiger partial charge in [-0.15, -0.1) is 5.10 Å². The highest BCUT2D eigenvalue weighted by atomic mass is 16.5. The van der Waals surface area contributed by atoms with Crippen LogP contribution in [0.3, 0.4) is 0 Å². The number of methoxy groups -OCH3 is 2. The van der Waals surface area contributed by atoms with Crippen molar-refractivity contribution < 1.29 is 14.2 Å². The normalized spacial score (nSPS) is 14.1. The summed E-state index contributed by atoms with van der Waals surface area (Å²) >= 11 is 0. The highest BCUT2D eigenvalue weighted by Crippen LogP contribution is 2.51. The molecule has 0 saturated carbocycles. The van der Waals surface area contributed by atoms with Crippen molar-refractivity contribution in [3.05, 3.63) is 107 Å². The van der Waals surface area contributed by atoms with Gasteiger partial charge in [0.05, 0.1) is 19.8 Å². The van der Waals surface area contributed by atoms with Crippen LogP contribution in [0.2, 0.25) is 0 Å². The van der Waals surface area contributed by atoms with E-state index >= 15 is 0 Å². The zero-order valence-corrected chi connectivity index (χ0v) is 21.2. The van der Waals surface area contributed by atoms with Crippen LogP contribution in [0.5, 0.6) is 23.1 Å². The van der Waals surface area contributed by atoms with Crippen molar-refractivity contribution >= 4 is 16.4 Å². The van der Waals surface area contributed by atoms with Gasteiger partial charge >= 0.3 is 0 Å². The largest absolute Gasteiger partial charge is 0.493 e. The highest BCUT2D eigenvalue weighted by Gasteiger charge is 2.34. The number of nitrogens with zero attached hydrogens (tertiary/aromatic N) is 4. The molecular weight excluding hydrogens is 476 g/mol. The molecule has 1 aliphatic heterocycles. The lowest BCUT2D eigenvalue weighted by Crippen LogP contribution is -2.15. The van der Waals surface area contributed by atoms with Crippen LogP contribution in [-0.2, 0) is 0 Å². The molecule has 7 nitrogen and oxygen atoms in total. The molecule has 6 aromatic rings. The Morgan fingerprint density at radius 2 is 1.68 bits per heavy atom. The monoisotopic (exact) mass is 500 g/mol. The Balaban J connectivity index is 1.50. The standard InChI is InChI=1S/C31H24N4O3/c1-18-8-10-20(11-9-18)29-33-30-27-26(21-13-15-24(36-2)25(16-21)37-3)23-14-12-19-6-4-5-7-22(19)28(23)38-31(27)32-17-35(30)34-29/h4-17,26H,1-3H3. The van der Waals surface area contributed by atoms with Crippen LogP contribution in [0.4, 0.5) is 0 Å². The third kappa shape index (κ3) is 3.39. The molecule has 0 radical (unpaired) electrons. The SMILES string of the molecule is COc1ccc(C2c3ccc4ccccc4c3Oc3ncn4nc(-c5ccc(C)cc5)nc4c32)cc1OC. The molecule has 7 rings (SSSR count). The number of rotatable bonds is 4. The Morgan fingerprint density at radius 3 is 2.50 bits per heavy atom. The van der Waals surface area contributed by atoms with Gasteiger partial charge in [0.15, 0.2) is 23.0 Å². The number of benzene rings is 4. The van der Waals surface area contributed by atoms with Gasteiger partial charge in [0.25, 0.3) is 0 Å². The Kier molecular flexibility index (Phi) is 5.04. The third-order valence-electron chi connectivity index (χ3n) is 7.15. The minimum Gasteiger partial charge on any atom is -0.493 e. The fourth-order valence-electron chi connectivity index (χ4n) is 5.25. The lowest BCUT2D eigenvalue weighted by Gasteiger charge is -2.29. The molecule has 3 heterocycles. The van der Waals surface area contributed by atoms with Crippen LogP contribution in [0, 0.1) is 6.92 Å². The molecule has 0 amide bonds. The maximum Gasteiger partial charge on any atom is 0.228 e. The summed E-state index contributed by atoms with van der Waals surface area (Å²) in [5, 5.41) is 6.89. The molecule has 1 unspecified atom stereocenters. The molecular formula is C31H24N4O3. The van der Waals surface area contributed by atoms with Crippen molar-refractivity contribution in [1.29, 1.82) is 0 Å². The molecule has 0 fully saturated rings. The molecule has 1 aliphatic rings. The van der Waals surface area contributed by atoms with Gasteiger partial charge in [-0.1, -0.05) is 72.3 Å². The predicted octanol–water partition coefficient (Wildman–Crippen LogP) is 6.56. The van der Waals surface area contributed by atoms with Gasteiger partial charge in [-0.05, 0) is 30.0 Å². The molecule has 0 N–H and O–H groups in total. The zero-order valence-electron chi connectivity index (χ0n) is 21.2. The molecule has 0 spiro atoms. The second-order valence-corrected chi connectivity index (χ2v) is 9.39. The van der Waals surface area contributed by atoms with Crippen molar-refractivity contribution in [3.63, 3.8) is 0 Å². The van der Waals surface area contributed by atoms with Crippen LogP contribution >= 0.6 is 0 Å². The number of hydrogen-bond acceptors (Lipinski definition) is 6. The first kappa shape index (κ1) is 22.3. The maximum absolute atomic E-state index is 6.53. The van der Waals surface area contributed by atoms with Crippen LogP contribution in [0.25, 0.3) is 27.8 Å². The summed E-state index contributed by atoms with van der Waals surface area (Å²) in [6, 6.07) is 26.7. The van der Waals surface area contributed by atoms with E-state index < -0.39 is 0 Å².